The van der Waals surface area contributed by atoms with Crippen molar-refractivity contribution in [1.29, 1.82) is 0 Å². The third-order valence-corrected chi connectivity index (χ3v) is 4.02. The Kier molecular flexibility index (Phi) is 14.9. The molecule has 0 spiro atoms. The van der Waals surface area contributed by atoms with Crippen molar-refractivity contribution < 1.29 is 9.47 Å². The molecule has 5 heteroatoms. The first-order valence-corrected chi connectivity index (χ1v) is 9.15. The standard InChI is InChI=1S/C9H12BrNO2.C7H10.C4H9N/c1-12-8-3-6(5-11)7(10)4-9(8)13-2;1-3-5-7-6-4-2;1-2-4-5-3-1/h3-4H,5,11H2,1-2H3;3-7H,1H2,2H3;5H,1-4H2/b;6-4-,7-5-;. The average Bonchev–Trinajstić information content (AvgIpc) is 3.22. The van der Waals surface area contributed by atoms with E-state index in [9.17, 15) is 0 Å². The molecule has 1 aromatic rings. The van der Waals surface area contributed by atoms with Crippen LogP contribution in [0.25, 0.3) is 0 Å². The van der Waals surface area contributed by atoms with Crippen LogP contribution in [0.1, 0.15) is 25.3 Å². The first kappa shape index (κ1) is 23.4. The van der Waals surface area contributed by atoms with Crippen molar-refractivity contribution in [3.05, 3.63) is 59.1 Å². The van der Waals surface area contributed by atoms with Gasteiger partial charge in [0.25, 0.3) is 0 Å². The number of hydrogen-bond donors (Lipinski definition) is 2. The van der Waals surface area contributed by atoms with Crippen molar-refractivity contribution in [2.75, 3.05) is 27.3 Å². The van der Waals surface area contributed by atoms with E-state index in [1.807, 2.05) is 43.4 Å². The summed E-state index contributed by atoms with van der Waals surface area (Å²) in [6.07, 6.45) is 12.3. The number of allylic oxidation sites excluding steroid dienone is 5. The van der Waals surface area contributed by atoms with Crippen molar-refractivity contribution in [2.24, 2.45) is 5.73 Å². The van der Waals surface area contributed by atoms with Crippen LogP contribution in [0.15, 0.2) is 53.6 Å². The van der Waals surface area contributed by atoms with Crippen LogP contribution in [0.3, 0.4) is 0 Å². The lowest BCUT2D eigenvalue weighted by molar-refractivity contribution is 0.354. The highest BCUT2D eigenvalue weighted by Gasteiger charge is 2.07. The molecule has 140 valence electrons. The number of benzene rings is 1. The van der Waals surface area contributed by atoms with Crippen LogP contribution in [-0.2, 0) is 6.54 Å². The lowest BCUT2D eigenvalue weighted by atomic mass is 10.2. The van der Waals surface area contributed by atoms with Gasteiger partial charge in [0.15, 0.2) is 11.5 Å². The highest BCUT2D eigenvalue weighted by atomic mass is 79.9. The molecular weight excluding hydrogens is 380 g/mol. The molecule has 2 rings (SSSR count). The first-order valence-electron chi connectivity index (χ1n) is 8.36. The summed E-state index contributed by atoms with van der Waals surface area (Å²) in [5.41, 5.74) is 6.54. The van der Waals surface area contributed by atoms with Crippen LogP contribution in [0.4, 0.5) is 0 Å². The average molecular weight is 411 g/mol. The monoisotopic (exact) mass is 410 g/mol. The van der Waals surface area contributed by atoms with Gasteiger partial charge in [-0.2, -0.15) is 0 Å². The fourth-order valence-corrected chi connectivity index (χ4v) is 2.42. The molecule has 0 radical (unpaired) electrons. The minimum absolute atomic E-state index is 0.473. The quantitative estimate of drug-likeness (QED) is 0.696. The number of hydrogen-bond acceptors (Lipinski definition) is 4. The molecule has 0 saturated carbocycles. The van der Waals surface area contributed by atoms with Crippen LogP contribution in [0.5, 0.6) is 11.5 Å². The predicted molar refractivity (Wildman–Crippen MR) is 111 cm³/mol. The van der Waals surface area contributed by atoms with E-state index in [4.69, 9.17) is 15.2 Å². The van der Waals surface area contributed by atoms with E-state index in [1.54, 1.807) is 20.3 Å². The Balaban J connectivity index is 0.000000400. The normalized spacial score (nSPS) is 13.0. The molecule has 1 aliphatic heterocycles. The van der Waals surface area contributed by atoms with Gasteiger partial charge in [-0.3, -0.25) is 0 Å². The molecule has 0 aliphatic carbocycles. The summed E-state index contributed by atoms with van der Waals surface area (Å²) < 4.78 is 11.2. The molecule has 0 amide bonds. The summed E-state index contributed by atoms with van der Waals surface area (Å²) in [5.74, 6) is 1.40. The van der Waals surface area contributed by atoms with Gasteiger partial charge in [0.2, 0.25) is 0 Å². The Hall–Kier alpha value is -1.56. The topological polar surface area (TPSA) is 56.5 Å². The molecule has 1 aliphatic rings. The zero-order valence-corrected chi connectivity index (χ0v) is 17.1. The van der Waals surface area contributed by atoms with Gasteiger partial charge in [-0.05, 0) is 50.6 Å². The number of methoxy groups -OCH3 is 2. The Labute approximate surface area is 160 Å². The van der Waals surface area contributed by atoms with E-state index in [-0.39, 0.29) is 0 Å². The number of nitrogens with one attached hydrogen (secondary N) is 1. The predicted octanol–water partition coefficient (Wildman–Crippen LogP) is 4.60. The van der Waals surface area contributed by atoms with Crippen molar-refractivity contribution in [1.82, 2.24) is 5.32 Å². The van der Waals surface area contributed by atoms with Gasteiger partial charge in [-0.25, -0.2) is 0 Å². The maximum atomic E-state index is 5.54. The van der Waals surface area contributed by atoms with Crippen LogP contribution >= 0.6 is 15.9 Å². The maximum Gasteiger partial charge on any atom is 0.161 e. The SMILES string of the molecule is C1CCNC1.C=C/C=C\C=C/C.COc1cc(Br)c(CN)cc1OC. The maximum absolute atomic E-state index is 5.54. The molecule has 3 N–H and O–H groups in total. The highest BCUT2D eigenvalue weighted by Crippen LogP contribution is 2.32. The molecule has 1 aromatic carbocycles. The molecule has 4 nitrogen and oxygen atoms in total. The third kappa shape index (κ3) is 10.8. The number of nitrogens with two attached hydrogens (primary N) is 1. The zero-order chi connectivity index (χ0) is 18.9. The fraction of sp³-hybridized carbons (Fsp3) is 0.400. The Bertz CT molecular complexity index is 531. The molecule has 0 atom stereocenters. The Morgan fingerprint density at radius 3 is 2.12 bits per heavy atom. The van der Waals surface area contributed by atoms with E-state index < -0.39 is 0 Å². The van der Waals surface area contributed by atoms with Crippen molar-refractivity contribution in [2.45, 2.75) is 26.3 Å². The zero-order valence-electron chi connectivity index (χ0n) is 15.6. The number of rotatable bonds is 5. The Morgan fingerprint density at radius 2 is 1.72 bits per heavy atom. The largest absolute Gasteiger partial charge is 0.493 e. The molecule has 1 saturated heterocycles. The van der Waals surface area contributed by atoms with Crippen molar-refractivity contribution >= 4 is 15.9 Å². The van der Waals surface area contributed by atoms with Gasteiger partial charge >= 0.3 is 0 Å². The van der Waals surface area contributed by atoms with E-state index in [0.717, 1.165) is 10.0 Å². The summed E-state index contributed by atoms with van der Waals surface area (Å²) in [6.45, 7) is 8.46. The number of ether oxygens (including phenoxy) is 2. The first-order chi connectivity index (χ1) is 12.1. The number of halogens is 1. The van der Waals surface area contributed by atoms with Gasteiger partial charge in [-0.1, -0.05) is 52.9 Å². The molecule has 0 bridgehead atoms. The third-order valence-electron chi connectivity index (χ3n) is 3.28. The summed E-state index contributed by atoms with van der Waals surface area (Å²) in [5, 5.41) is 3.22. The summed E-state index contributed by atoms with van der Waals surface area (Å²) in [6, 6.07) is 3.71. The summed E-state index contributed by atoms with van der Waals surface area (Å²) in [4.78, 5) is 0. The summed E-state index contributed by atoms with van der Waals surface area (Å²) >= 11 is 3.40. The molecule has 0 aromatic heterocycles. The molecular formula is C20H31BrN2O2. The van der Waals surface area contributed by atoms with Crippen molar-refractivity contribution in [3.8, 4) is 11.5 Å². The van der Waals surface area contributed by atoms with Gasteiger partial charge in [0, 0.05) is 11.0 Å². The second kappa shape index (κ2) is 15.9. The van der Waals surface area contributed by atoms with Crippen LogP contribution in [0, 0.1) is 0 Å². The minimum Gasteiger partial charge on any atom is -0.493 e. The lowest BCUT2D eigenvalue weighted by Crippen LogP contribution is -2.03. The Morgan fingerprint density at radius 1 is 1.12 bits per heavy atom. The summed E-state index contributed by atoms with van der Waals surface area (Å²) in [7, 11) is 3.21. The molecule has 1 heterocycles. The molecule has 0 unspecified atom stereocenters. The molecule has 25 heavy (non-hydrogen) atoms. The van der Waals surface area contributed by atoms with Gasteiger partial charge < -0.3 is 20.5 Å². The molecule has 1 fully saturated rings. The van der Waals surface area contributed by atoms with Crippen LogP contribution in [0.2, 0.25) is 0 Å². The highest BCUT2D eigenvalue weighted by molar-refractivity contribution is 9.10. The van der Waals surface area contributed by atoms with E-state index in [2.05, 4.69) is 27.8 Å². The van der Waals surface area contributed by atoms with E-state index >= 15 is 0 Å². The van der Waals surface area contributed by atoms with Gasteiger partial charge in [0.1, 0.15) is 0 Å². The second-order valence-electron chi connectivity index (χ2n) is 5.11. The minimum atomic E-state index is 0.473. The van der Waals surface area contributed by atoms with E-state index in [1.165, 1.54) is 25.9 Å². The second-order valence-corrected chi connectivity index (χ2v) is 5.96. The van der Waals surface area contributed by atoms with Crippen molar-refractivity contribution in [3.63, 3.8) is 0 Å². The van der Waals surface area contributed by atoms with Crippen LogP contribution in [-0.4, -0.2) is 27.3 Å². The fourth-order valence-electron chi connectivity index (χ4n) is 1.93. The van der Waals surface area contributed by atoms with Gasteiger partial charge in [-0.15, -0.1) is 0 Å². The van der Waals surface area contributed by atoms with E-state index in [0.29, 0.717) is 18.0 Å². The smallest absolute Gasteiger partial charge is 0.161 e. The van der Waals surface area contributed by atoms with Crippen LogP contribution < -0.4 is 20.5 Å². The lowest BCUT2D eigenvalue weighted by Gasteiger charge is -2.10. The van der Waals surface area contributed by atoms with Gasteiger partial charge in [0.05, 0.1) is 14.2 Å².